The average molecular weight is 307 g/mol. The van der Waals surface area contributed by atoms with Crippen molar-refractivity contribution in [2.75, 3.05) is 24.7 Å². The van der Waals surface area contributed by atoms with Crippen LogP contribution in [-0.2, 0) is 9.47 Å². The zero-order valence-electron chi connectivity index (χ0n) is 11.2. The van der Waals surface area contributed by atoms with E-state index in [0.717, 1.165) is 5.56 Å². The lowest BCUT2D eigenvalue weighted by atomic mass is 10.2. The van der Waals surface area contributed by atoms with Gasteiger partial charge >= 0.3 is 0 Å². The maximum atomic E-state index is 6.24. The highest BCUT2D eigenvalue weighted by atomic mass is 35.5. The van der Waals surface area contributed by atoms with E-state index < -0.39 is 0 Å². The normalized spacial score (nSPS) is 15.3. The summed E-state index contributed by atoms with van der Waals surface area (Å²) in [5.74, 6) is 1.10. The number of hydrogen-bond acceptors (Lipinski definition) is 5. The lowest BCUT2D eigenvalue weighted by Gasteiger charge is -2.13. The van der Waals surface area contributed by atoms with Gasteiger partial charge in [-0.2, -0.15) is 0 Å². The van der Waals surface area contributed by atoms with Crippen LogP contribution < -0.4 is 16.2 Å². The molecule has 1 heterocycles. The summed E-state index contributed by atoms with van der Waals surface area (Å²) in [5.41, 5.74) is 13.3. The van der Waals surface area contributed by atoms with E-state index in [9.17, 15) is 0 Å². The summed E-state index contributed by atoms with van der Waals surface area (Å²) in [6.45, 7) is 1.18. The highest BCUT2D eigenvalue weighted by Gasteiger charge is 2.19. The summed E-state index contributed by atoms with van der Waals surface area (Å²) >= 11 is 6.24. The van der Waals surface area contributed by atoms with Crippen LogP contribution in [0.2, 0.25) is 5.02 Å². The van der Waals surface area contributed by atoms with E-state index in [2.05, 4.69) is 0 Å². The summed E-state index contributed by atoms with van der Waals surface area (Å²) in [4.78, 5) is 0. The van der Waals surface area contributed by atoms with Gasteiger partial charge in [0.05, 0.1) is 29.6 Å². The molecule has 0 saturated carbocycles. The van der Waals surface area contributed by atoms with Gasteiger partial charge in [-0.3, -0.25) is 0 Å². The molecule has 0 bridgehead atoms. The largest absolute Gasteiger partial charge is 0.456 e. The van der Waals surface area contributed by atoms with E-state index in [1.54, 1.807) is 30.3 Å². The van der Waals surface area contributed by atoms with Crippen molar-refractivity contribution < 1.29 is 14.2 Å². The van der Waals surface area contributed by atoms with Crippen LogP contribution in [0.25, 0.3) is 0 Å². The molecule has 1 fully saturated rings. The third kappa shape index (κ3) is 3.05. The second-order valence-electron chi connectivity index (χ2n) is 4.66. The SMILES string of the molecule is Nc1ccc(Oc2ccc(C3OCCO3)cc2Cl)cc1N. The Bertz CT molecular complexity index is 657. The van der Waals surface area contributed by atoms with Gasteiger partial charge in [-0.25, -0.2) is 0 Å². The minimum Gasteiger partial charge on any atom is -0.456 e. The zero-order chi connectivity index (χ0) is 14.8. The van der Waals surface area contributed by atoms with Gasteiger partial charge in [0.25, 0.3) is 0 Å². The zero-order valence-corrected chi connectivity index (χ0v) is 12.0. The van der Waals surface area contributed by atoms with Crippen LogP contribution in [0.15, 0.2) is 36.4 Å². The fraction of sp³-hybridized carbons (Fsp3) is 0.200. The van der Waals surface area contributed by atoms with Crippen LogP contribution in [0.1, 0.15) is 11.9 Å². The summed E-state index contributed by atoms with van der Waals surface area (Å²) in [6.07, 6.45) is -0.358. The first-order valence-corrected chi connectivity index (χ1v) is 6.87. The quantitative estimate of drug-likeness (QED) is 0.850. The summed E-state index contributed by atoms with van der Waals surface area (Å²) in [6, 6.07) is 10.5. The van der Waals surface area contributed by atoms with Gasteiger partial charge < -0.3 is 25.7 Å². The number of benzene rings is 2. The van der Waals surface area contributed by atoms with E-state index in [1.807, 2.05) is 6.07 Å². The molecule has 2 aromatic carbocycles. The molecule has 0 aromatic heterocycles. The highest BCUT2D eigenvalue weighted by Crippen LogP contribution is 2.34. The Morgan fingerprint density at radius 3 is 2.43 bits per heavy atom. The molecule has 110 valence electrons. The Kier molecular flexibility index (Phi) is 3.88. The van der Waals surface area contributed by atoms with Crippen molar-refractivity contribution in [2.45, 2.75) is 6.29 Å². The Hall–Kier alpha value is -1.95. The molecule has 0 spiro atoms. The standard InChI is InChI=1S/C15H15ClN2O3/c16-11-7-9(15-19-5-6-20-15)1-4-14(11)21-10-2-3-12(17)13(18)8-10/h1-4,7-8,15H,5-6,17-18H2. The third-order valence-corrected chi connectivity index (χ3v) is 3.43. The number of ether oxygens (including phenoxy) is 3. The van der Waals surface area contributed by atoms with Gasteiger partial charge in [-0.05, 0) is 24.3 Å². The van der Waals surface area contributed by atoms with Crippen molar-refractivity contribution in [3.63, 3.8) is 0 Å². The van der Waals surface area contributed by atoms with Gasteiger partial charge in [0.15, 0.2) is 6.29 Å². The van der Waals surface area contributed by atoms with Crippen LogP contribution in [0.5, 0.6) is 11.5 Å². The molecular formula is C15H15ClN2O3. The first kappa shape index (κ1) is 14.0. The first-order valence-electron chi connectivity index (χ1n) is 6.49. The van der Waals surface area contributed by atoms with Gasteiger partial charge in [0.1, 0.15) is 11.5 Å². The average Bonchev–Trinajstić information content (AvgIpc) is 2.99. The Balaban J connectivity index is 1.80. The third-order valence-electron chi connectivity index (χ3n) is 3.14. The molecule has 1 saturated heterocycles. The number of nitrogen functional groups attached to an aromatic ring is 2. The van der Waals surface area contributed by atoms with Gasteiger partial charge in [-0.1, -0.05) is 17.7 Å². The maximum Gasteiger partial charge on any atom is 0.184 e. The number of hydrogen-bond donors (Lipinski definition) is 2. The Morgan fingerprint density at radius 2 is 1.76 bits per heavy atom. The Morgan fingerprint density at radius 1 is 1.00 bits per heavy atom. The van der Waals surface area contributed by atoms with Gasteiger partial charge in [0, 0.05) is 11.6 Å². The Labute approximate surface area is 127 Å². The van der Waals surface area contributed by atoms with Crippen molar-refractivity contribution >= 4 is 23.0 Å². The van der Waals surface area contributed by atoms with Crippen molar-refractivity contribution in [2.24, 2.45) is 0 Å². The lowest BCUT2D eigenvalue weighted by Crippen LogP contribution is -1.98. The maximum absolute atomic E-state index is 6.24. The number of nitrogens with two attached hydrogens (primary N) is 2. The molecule has 0 aliphatic carbocycles. The molecule has 21 heavy (non-hydrogen) atoms. The fourth-order valence-corrected chi connectivity index (χ4v) is 2.27. The molecule has 0 amide bonds. The van der Waals surface area contributed by atoms with Crippen molar-refractivity contribution in [3.8, 4) is 11.5 Å². The first-order chi connectivity index (χ1) is 10.1. The number of halogens is 1. The second kappa shape index (κ2) is 5.81. The molecule has 4 N–H and O–H groups in total. The smallest absolute Gasteiger partial charge is 0.184 e. The predicted octanol–water partition coefficient (Wildman–Crippen LogP) is 3.34. The second-order valence-corrected chi connectivity index (χ2v) is 5.06. The molecule has 0 unspecified atom stereocenters. The van der Waals surface area contributed by atoms with Crippen molar-refractivity contribution in [1.29, 1.82) is 0 Å². The van der Waals surface area contributed by atoms with E-state index in [1.165, 1.54) is 0 Å². The van der Waals surface area contributed by atoms with E-state index in [4.69, 9.17) is 37.3 Å². The van der Waals surface area contributed by atoms with E-state index >= 15 is 0 Å². The molecule has 0 radical (unpaired) electrons. The van der Waals surface area contributed by atoms with E-state index in [-0.39, 0.29) is 6.29 Å². The van der Waals surface area contributed by atoms with Crippen LogP contribution in [-0.4, -0.2) is 13.2 Å². The van der Waals surface area contributed by atoms with E-state index in [0.29, 0.717) is 41.1 Å². The molecule has 0 atom stereocenters. The van der Waals surface area contributed by atoms with Crippen LogP contribution >= 0.6 is 11.6 Å². The molecule has 1 aliphatic rings. The molecule has 3 rings (SSSR count). The highest BCUT2D eigenvalue weighted by molar-refractivity contribution is 6.32. The topological polar surface area (TPSA) is 79.7 Å². The monoisotopic (exact) mass is 306 g/mol. The summed E-state index contributed by atoms with van der Waals surface area (Å²) in [7, 11) is 0. The number of anilines is 2. The summed E-state index contributed by atoms with van der Waals surface area (Å²) < 4.78 is 16.6. The molecule has 6 heteroatoms. The molecule has 1 aliphatic heterocycles. The van der Waals surface area contributed by atoms with Crippen molar-refractivity contribution in [3.05, 3.63) is 47.0 Å². The van der Waals surface area contributed by atoms with Crippen LogP contribution in [0.4, 0.5) is 11.4 Å². The number of rotatable bonds is 3. The predicted molar refractivity (Wildman–Crippen MR) is 81.4 cm³/mol. The van der Waals surface area contributed by atoms with Crippen LogP contribution in [0.3, 0.4) is 0 Å². The van der Waals surface area contributed by atoms with Crippen molar-refractivity contribution in [1.82, 2.24) is 0 Å². The molecule has 5 nitrogen and oxygen atoms in total. The van der Waals surface area contributed by atoms with Gasteiger partial charge in [0.2, 0.25) is 0 Å². The van der Waals surface area contributed by atoms with Gasteiger partial charge in [-0.15, -0.1) is 0 Å². The lowest BCUT2D eigenvalue weighted by molar-refractivity contribution is -0.0441. The van der Waals surface area contributed by atoms with Crippen LogP contribution in [0, 0.1) is 0 Å². The molecular weight excluding hydrogens is 292 g/mol. The minimum atomic E-state index is -0.358. The minimum absolute atomic E-state index is 0.358. The summed E-state index contributed by atoms with van der Waals surface area (Å²) in [5, 5.41) is 0.474. The molecule has 2 aromatic rings. The fourth-order valence-electron chi connectivity index (χ4n) is 2.04.